The number of benzene rings is 1. The maximum atomic E-state index is 14.2. The third kappa shape index (κ3) is 3.18. The molecule has 1 saturated heterocycles. The molecular formula is C16H22FNO3. The molecule has 0 aliphatic carbocycles. The van der Waals surface area contributed by atoms with Crippen LogP contribution in [0.4, 0.5) is 4.39 Å². The van der Waals surface area contributed by atoms with Crippen LogP contribution in [0.1, 0.15) is 31.7 Å². The van der Waals surface area contributed by atoms with Crippen LogP contribution in [0, 0.1) is 11.2 Å². The van der Waals surface area contributed by atoms with E-state index in [1.54, 1.807) is 18.2 Å². The summed E-state index contributed by atoms with van der Waals surface area (Å²) in [6.45, 7) is 3.58. The van der Waals surface area contributed by atoms with Gasteiger partial charge in [0, 0.05) is 18.7 Å². The molecule has 0 saturated carbocycles. The normalized spacial score (nSPS) is 22.4. The van der Waals surface area contributed by atoms with Crippen molar-refractivity contribution in [1.82, 2.24) is 4.90 Å². The molecule has 21 heavy (non-hydrogen) atoms. The van der Waals surface area contributed by atoms with E-state index in [2.05, 4.69) is 0 Å². The first-order valence-corrected chi connectivity index (χ1v) is 7.29. The maximum absolute atomic E-state index is 14.2. The molecule has 116 valence electrons. The number of carbonyl (C=O) groups is 1. The zero-order chi connectivity index (χ0) is 15.5. The second-order valence-corrected chi connectivity index (χ2v) is 5.73. The van der Waals surface area contributed by atoms with Crippen LogP contribution in [0.5, 0.6) is 5.75 Å². The average molecular weight is 295 g/mol. The molecule has 2 rings (SSSR count). The molecule has 1 atom stereocenters. The Kier molecular flexibility index (Phi) is 4.83. The number of carboxylic acids is 1. The van der Waals surface area contributed by atoms with E-state index in [0.717, 1.165) is 6.42 Å². The van der Waals surface area contributed by atoms with E-state index in [-0.39, 0.29) is 11.6 Å². The molecule has 1 unspecified atom stereocenters. The number of hydrogen-bond donors (Lipinski definition) is 1. The van der Waals surface area contributed by atoms with Crippen molar-refractivity contribution < 1.29 is 19.0 Å². The number of nitrogens with zero attached hydrogens (tertiary/aromatic N) is 1. The summed E-state index contributed by atoms with van der Waals surface area (Å²) >= 11 is 0. The van der Waals surface area contributed by atoms with E-state index >= 15 is 0 Å². The van der Waals surface area contributed by atoms with Crippen LogP contribution in [0.25, 0.3) is 0 Å². The molecule has 0 aromatic heterocycles. The number of likely N-dealkylation sites (tertiary alicyclic amines) is 1. The van der Waals surface area contributed by atoms with Gasteiger partial charge in [0.25, 0.3) is 0 Å². The van der Waals surface area contributed by atoms with Crippen LogP contribution >= 0.6 is 0 Å². The summed E-state index contributed by atoms with van der Waals surface area (Å²) in [5, 5.41) is 9.49. The average Bonchev–Trinajstić information content (AvgIpc) is 2.86. The van der Waals surface area contributed by atoms with Crippen LogP contribution in [0.15, 0.2) is 18.2 Å². The summed E-state index contributed by atoms with van der Waals surface area (Å²) in [6.07, 6.45) is 2.13. The fraction of sp³-hybridized carbons (Fsp3) is 0.562. The monoisotopic (exact) mass is 295 g/mol. The highest BCUT2D eigenvalue weighted by Crippen LogP contribution is 2.36. The Hall–Kier alpha value is -1.62. The summed E-state index contributed by atoms with van der Waals surface area (Å²) in [4.78, 5) is 13.6. The molecule has 0 bridgehead atoms. The first-order valence-electron chi connectivity index (χ1n) is 7.29. The maximum Gasteiger partial charge on any atom is 0.310 e. The SMILES string of the molecule is CCCC1(C(=O)O)CCN(Cc2cccc(OC)c2F)C1. The third-order valence-corrected chi connectivity index (χ3v) is 4.27. The fourth-order valence-corrected chi connectivity index (χ4v) is 3.13. The number of halogens is 1. The van der Waals surface area contributed by atoms with Gasteiger partial charge in [-0.1, -0.05) is 25.5 Å². The largest absolute Gasteiger partial charge is 0.494 e. The predicted octanol–water partition coefficient (Wildman–Crippen LogP) is 2.91. The Labute approximate surface area is 124 Å². The number of ether oxygens (including phenoxy) is 1. The molecule has 1 aromatic rings. The highest BCUT2D eigenvalue weighted by Gasteiger charge is 2.43. The molecule has 1 aliphatic heterocycles. The van der Waals surface area contributed by atoms with Crippen LogP contribution < -0.4 is 4.74 Å². The predicted molar refractivity (Wildman–Crippen MR) is 77.8 cm³/mol. The summed E-state index contributed by atoms with van der Waals surface area (Å²) in [5.74, 6) is -0.869. The number of hydrogen-bond acceptors (Lipinski definition) is 3. The Balaban J connectivity index is 2.11. The van der Waals surface area contributed by atoms with Gasteiger partial charge < -0.3 is 9.84 Å². The van der Waals surface area contributed by atoms with Crippen LogP contribution in [0.2, 0.25) is 0 Å². The molecule has 5 heteroatoms. The lowest BCUT2D eigenvalue weighted by Gasteiger charge is -2.24. The second-order valence-electron chi connectivity index (χ2n) is 5.73. The second kappa shape index (κ2) is 6.43. The van der Waals surface area contributed by atoms with Gasteiger partial charge in [-0.2, -0.15) is 0 Å². The van der Waals surface area contributed by atoms with E-state index < -0.39 is 11.4 Å². The topological polar surface area (TPSA) is 49.8 Å². The van der Waals surface area contributed by atoms with Gasteiger partial charge in [0.1, 0.15) is 0 Å². The Morgan fingerprint density at radius 3 is 2.90 bits per heavy atom. The van der Waals surface area contributed by atoms with Crippen molar-refractivity contribution in [2.24, 2.45) is 5.41 Å². The van der Waals surface area contributed by atoms with Gasteiger partial charge in [-0.15, -0.1) is 0 Å². The highest BCUT2D eigenvalue weighted by atomic mass is 19.1. The molecule has 1 aromatic carbocycles. The molecule has 0 amide bonds. The standard InChI is InChI=1S/C16H22FNO3/c1-3-7-16(15(19)20)8-9-18(11-16)10-12-5-4-6-13(21-2)14(12)17/h4-6H,3,7-11H2,1-2H3,(H,19,20). The first-order chi connectivity index (χ1) is 10.0. The number of carboxylic acid groups (broad SMARTS) is 1. The molecule has 1 N–H and O–H groups in total. The molecule has 0 spiro atoms. The minimum atomic E-state index is -0.738. The van der Waals surface area contributed by atoms with E-state index in [1.807, 2.05) is 11.8 Å². The highest BCUT2D eigenvalue weighted by molar-refractivity contribution is 5.75. The van der Waals surface area contributed by atoms with Crippen LogP contribution in [0.3, 0.4) is 0 Å². The molecule has 1 fully saturated rings. The van der Waals surface area contributed by atoms with Gasteiger partial charge in [0.05, 0.1) is 12.5 Å². The zero-order valence-electron chi connectivity index (χ0n) is 12.6. The van der Waals surface area contributed by atoms with Gasteiger partial charge in [-0.3, -0.25) is 9.69 Å². The van der Waals surface area contributed by atoms with Gasteiger partial charge in [-0.25, -0.2) is 4.39 Å². The van der Waals surface area contributed by atoms with Crippen molar-refractivity contribution >= 4 is 5.97 Å². The van der Waals surface area contributed by atoms with E-state index in [9.17, 15) is 14.3 Å². The third-order valence-electron chi connectivity index (χ3n) is 4.27. The van der Waals surface area contributed by atoms with Crippen LogP contribution in [-0.4, -0.2) is 36.2 Å². The van der Waals surface area contributed by atoms with Gasteiger partial charge in [0.15, 0.2) is 11.6 Å². The summed E-state index contributed by atoms with van der Waals surface area (Å²) in [6, 6.07) is 5.06. The van der Waals surface area contributed by atoms with Gasteiger partial charge >= 0.3 is 5.97 Å². The Bertz CT molecular complexity index is 520. The van der Waals surface area contributed by atoms with E-state index in [1.165, 1.54) is 7.11 Å². The Morgan fingerprint density at radius 1 is 1.52 bits per heavy atom. The van der Waals surface area contributed by atoms with Gasteiger partial charge in [-0.05, 0) is 25.5 Å². The zero-order valence-corrected chi connectivity index (χ0v) is 12.6. The van der Waals surface area contributed by atoms with Crippen molar-refractivity contribution in [2.75, 3.05) is 20.2 Å². The molecular weight excluding hydrogens is 273 g/mol. The Morgan fingerprint density at radius 2 is 2.29 bits per heavy atom. The lowest BCUT2D eigenvalue weighted by molar-refractivity contribution is -0.148. The molecule has 0 radical (unpaired) electrons. The summed E-state index contributed by atoms with van der Waals surface area (Å²) in [7, 11) is 1.44. The fourth-order valence-electron chi connectivity index (χ4n) is 3.13. The first kappa shape index (κ1) is 15.8. The quantitative estimate of drug-likeness (QED) is 0.876. The molecule has 1 heterocycles. The van der Waals surface area contributed by atoms with Crippen molar-refractivity contribution in [3.63, 3.8) is 0 Å². The summed E-state index contributed by atoms with van der Waals surface area (Å²) < 4.78 is 19.1. The minimum Gasteiger partial charge on any atom is -0.494 e. The lowest BCUT2D eigenvalue weighted by Crippen LogP contribution is -2.34. The van der Waals surface area contributed by atoms with E-state index in [4.69, 9.17) is 4.74 Å². The number of rotatable bonds is 6. The van der Waals surface area contributed by atoms with Crippen molar-refractivity contribution in [2.45, 2.75) is 32.7 Å². The minimum absolute atomic E-state index is 0.227. The van der Waals surface area contributed by atoms with Crippen molar-refractivity contribution in [1.29, 1.82) is 0 Å². The van der Waals surface area contributed by atoms with Crippen molar-refractivity contribution in [3.8, 4) is 5.75 Å². The number of aliphatic carboxylic acids is 1. The lowest BCUT2D eigenvalue weighted by atomic mass is 9.83. The smallest absolute Gasteiger partial charge is 0.310 e. The van der Waals surface area contributed by atoms with E-state index in [0.29, 0.717) is 38.0 Å². The number of methoxy groups -OCH3 is 1. The molecule has 4 nitrogen and oxygen atoms in total. The van der Waals surface area contributed by atoms with Crippen LogP contribution in [-0.2, 0) is 11.3 Å². The molecule has 1 aliphatic rings. The van der Waals surface area contributed by atoms with Gasteiger partial charge in [0.2, 0.25) is 0 Å². The summed E-state index contributed by atoms with van der Waals surface area (Å²) in [5.41, 5.74) is -0.128. The van der Waals surface area contributed by atoms with Crippen molar-refractivity contribution in [3.05, 3.63) is 29.6 Å².